The lowest BCUT2D eigenvalue weighted by atomic mass is 10.2. The molecule has 140 valence electrons. The average Bonchev–Trinajstić information content (AvgIpc) is 2.69. The number of nitrogens with one attached hydrogen (secondary N) is 2. The number of hydrogen-bond acceptors (Lipinski definition) is 5. The number of thiocarbonyl (C=S) groups is 1. The van der Waals surface area contributed by atoms with Crippen molar-refractivity contribution in [2.24, 2.45) is 0 Å². The third-order valence-corrected chi connectivity index (χ3v) is 4.08. The zero-order valence-corrected chi connectivity index (χ0v) is 16.2. The molecule has 0 radical (unpaired) electrons. The van der Waals surface area contributed by atoms with Crippen LogP contribution in [-0.2, 0) is 13.1 Å². The zero-order chi connectivity index (χ0) is 18.9. The highest BCUT2D eigenvalue weighted by molar-refractivity contribution is 7.80. The van der Waals surface area contributed by atoms with E-state index in [1.54, 1.807) is 28.4 Å². The first-order valence-electron chi connectivity index (χ1n) is 8.04. The van der Waals surface area contributed by atoms with Gasteiger partial charge in [0.2, 0.25) is 5.75 Å². The molecule has 26 heavy (non-hydrogen) atoms. The molecule has 6 nitrogen and oxygen atoms in total. The number of rotatable bonds is 8. The van der Waals surface area contributed by atoms with E-state index in [0.29, 0.717) is 35.5 Å². The fourth-order valence-electron chi connectivity index (χ4n) is 2.41. The molecule has 0 aromatic heterocycles. The van der Waals surface area contributed by atoms with Crippen LogP contribution < -0.4 is 29.6 Å². The van der Waals surface area contributed by atoms with Gasteiger partial charge in [-0.15, -0.1) is 0 Å². The lowest BCUT2D eigenvalue weighted by Gasteiger charge is -2.15. The van der Waals surface area contributed by atoms with Gasteiger partial charge in [-0.25, -0.2) is 0 Å². The molecule has 0 saturated heterocycles. The largest absolute Gasteiger partial charge is 0.497 e. The molecule has 0 aliphatic rings. The van der Waals surface area contributed by atoms with Gasteiger partial charge in [-0.2, -0.15) is 0 Å². The SMILES string of the molecule is COc1ccc(CNC(=S)NCc2cc(OC)c(OC)c(OC)c2)cc1. The van der Waals surface area contributed by atoms with Crippen molar-refractivity contribution in [1.82, 2.24) is 10.6 Å². The van der Waals surface area contributed by atoms with Gasteiger partial charge >= 0.3 is 0 Å². The van der Waals surface area contributed by atoms with Crippen LogP contribution in [0.25, 0.3) is 0 Å². The molecule has 2 aromatic carbocycles. The summed E-state index contributed by atoms with van der Waals surface area (Å²) in [6.07, 6.45) is 0. The summed E-state index contributed by atoms with van der Waals surface area (Å²) in [6.45, 7) is 1.16. The fourth-order valence-corrected chi connectivity index (χ4v) is 2.55. The molecule has 0 fully saturated rings. The van der Waals surface area contributed by atoms with Gasteiger partial charge < -0.3 is 29.6 Å². The Hall–Kier alpha value is -2.67. The standard InChI is InChI=1S/C19H24N2O4S/c1-22-15-7-5-13(6-8-15)11-20-19(26)21-12-14-9-16(23-2)18(25-4)17(10-14)24-3/h5-10H,11-12H2,1-4H3,(H2,20,21,26). The lowest BCUT2D eigenvalue weighted by molar-refractivity contribution is 0.323. The molecule has 2 rings (SSSR count). The Morgan fingerprint density at radius 3 is 1.77 bits per heavy atom. The van der Waals surface area contributed by atoms with Crippen molar-refractivity contribution in [2.75, 3.05) is 28.4 Å². The van der Waals surface area contributed by atoms with Crippen molar-refractivity contribution < 1.29 is 18.9 Å². The van der Waals surface area contributed by atoms with Crippen LogP contribution in [-0.4, -0.2) is 33.6 Å². The minimum absolute atomic E-state index is 0.533. The zero-order valence-electron chi connectivity index (χ0n) is 15.4. The van der Waals surface area contributed by atoms with Crippen molar-refractivity contribution in [1.29, 1.82) is 0 Å². The normalized spacial score (nSPS) is 10.0. The van der Waals surface area contributed by atoms with Gasteiger partial charge in [0.25, 0.3) is 0 Å². The molecule has 0 atom stereocenters. The van der Waals surface area contributed by atoms with Gasteiger partial charge in [-0.1, -0.05) is 12.1 Å². The molecule has 2 N–H and O–H groups in total. The van der Waals surface area contributed by atoms with Crippen molar-refractivity contribution in [3.8, 4) is 23.0 Å². The van der Waals surface area contributed by atoms with E-state index in [4.69, 9.17) is 31.2 Å². The summed E-state index contributed by atoms with van der Waals surface area (Å²) in [6, 6.07) is 11.6. The highest BCUT2D eigenvalue weighted by Crippen LogP contribution is 2.38. The summed E-state index contributed by atoms with van der Waals surface area (Å²) >= 11 is 5.34. The summed E-state index contributed by atoms with van der Waals surface area (Å²) in [5.41, 5.74) is 2.08. The second kappa shape index (κ2) is 9.72. The summed E-state index contributed by atoms with van der Waals surface area (Å²) < 4.78 is 21.2. The maximum Gasteiger partial charge on any atom is 0.203 e. The molecule has 2 aromatic rings. The summed E-state index contributed by atoms with van der Waals surface area (Å²) in [7, 11) is 6.41. The quantitative estimate of drug-likeness (QED) is 0.687. The number of benzene rings is 2. The van der Waals surface area contributed by atoms with E-state index in [1.807, 2.05) is 36.4 Å². The maximum atomic E-state index is 5.36. The lowest BCUT2D eigenvalue weighted by Crippen LogP contribution is -2.34. The minimum Gasteiger partial charge on any atom is -0.497 e. The fraction of sp³-hybridized carbons (Fsp3) is 0.316. The van der Waals surface area contributed by atoms with Crippen LogP contribution in [0.1, 0.15) is 11.1 Å². The van der Waals surface area contributed by atoms with Crippen LogP contribution in [0, 0.1) is 0 Å². The van der Waals surface area contributed by atoms with E-state index in [0.717, 1.165) is 16.9 Å². The van der Waals surface area contributed by atoms with Gasteiger partial charge in [0, 0.05) is 13.1 Å². The Balaban J connectivity index is 1.91. The van der Waals surface area contributed by atoms with Crippen LogP contribution in [0.4, 0.5) is 0 Å². The van der Waals surface area contributed by atoms with Crippen LogP contribution in [0.2, 0.25) is 0 Å². The predicted molar refractivity (Wildman–Crippen MR) is 105 cm³/mol. The van der Waals surface area contributed by atoms with Gasteiger partial charge in [0.15, 0.2) is 16.6 Å². The molecule has 0 unspecified atom stereocenters. The van der Waals surface area contributed by atoms with E-state index in [9.17, 15) is 0 Å². The summed E-state index contributed by atoms with van der Waals surface area (Å²) in [5.74, 6) is 2.62. The first-order chi connectivity index (χ1) is 12.6. The van der Waals surface area contributed by atoms with Crippen LogP contribution in [0.15, 0.2) is 36.4 Å². The van der Waals surface area contributed by atoms with Gasteiger partial charge in [-0.3, -0.25) is 0 Å². The van der Waals surface area contributed by atoms with E-state index >= 15 is 0 Å². The molecule has 0 saturated carbocycles. The highest BCUT2D eigenvalue weighted by Gasteiger charge is 2.13. The van der Waals surface area contributed by atoms with Crippen molar-refractivity contribution in [3.63, 3.8) is 0 Å². The van der Waals surface area contributed by atoms with Crippen LogP contribution in [0.3, 0.4) is 0 Å². The molecule has 0 bridgehead atoms. The number of methoxy groups -OCH3 is 4. The molecule has 0 aliphatic carbocycles. The maximum absolute atomic E-state index is 5.36. The van der Waals surface area contributed by atoms with Gasteiger partial charge in [0.1, 0.15) is 5.75 Å². The smallest absolute Gasteiger partial charge is 0.203 e. The third-order valence-electron chi connectivity index (χ3n) is 3.79. The van der Waals surface area contributed by atoms with Gasteiger partial charge in [-0.05, 0) is 47.6 Å². The van der Waals surface area contributed by atoms with Crippen molar-refractivity contribution in [3.05, 3.63) is 47.5 Å². The predicted octanol–water partition coefficient (Wildman–Crippen LogP) is 2.89. The Morgan fingerprint density at radius 2 is 1.31 bits per heavy atom. The van der Waals surface area contributed by atoms with Crippen molar-refractivity contribution in [2.45, 2.75) is 13.1 Å². The first kappa shape index (κ1) is 19.7. The molecule has 0 amide bonds. The van der Waals surface area contributed by atoms with E-state index in [2.05, 4.69) is 10.6 Å². The number of ether oxygens (including phenoxy) is 4. The Kier molecular flexibility index (Phi) is 7.35. The highest BCUT2D eigenvalue weighted by atomic mass is 32.1. The second-order valence-corrected chi connectivity index (χ2v) is 5.83. The molecular weight excluding hydrogens is 352 g/mol. The van der Waals surface area contributed by atoms with Gasteiger partial charge in [0.05, 0.1) is 28.4 Å². The first-order valence-corrected chi connectivity index (χ1v) is 8.45. The summed E-state index contributed by atoms with van der Waals surface area (Å²) in [4.78, 5) is 0. The molecule has 0 heterocycles. The molecule has 0 spiro atoms. The van der Waals surface area contributed by atoms with E-state index in [1.165, 1.54) is 0 Å². The van der Waals surface area contributed by atoms with E-state index < -0.39 is 0 Å². The second-order valence-electron chi connectivity index (χ2n) is 5.42. The number of hydrogen-bond donors (Lipinski definition) is 2. The van der Waals surface area contributed by atoms with Crippen molar-refractivity contribution >= 4 is 17.3 Å². The molecular formula is C19H24N2O4S. The minimum atomic E-state index is 0.533. The third kappa shape index (κ3) is 5.16. The topological polar surface area (TPSA) is 61.0 Å². The van der Waals surface area contributed by atoms with Crippen LogP contribution >= 0.6 is 12.2 Å². The van der Waals surface area contributed by atoms with Crippen LogP contribution in [0.5, 0.6) is 23.0 Å². The van der Waals surface area contributed by atoms with E-state index in [-0.39, 0.29) is 0 Å². The molecule has 0 aliphatic heterocycles. The average molecular weight is 376 g/mol. The Bertz CT molecular complexity index is 710. The molecule has 7 heteroatoms. The summed E-state index contributed by atoms with van der Waals surface area (Å²) in [5, 5.41) is 6.92. The Morgan fingerprint density at radius 1 is 0.769 bits per heavy atom. The Labute approximate surface area is 159 Å². The monoisotopic (exact) mass is 376 g/mol.